The monoisotopic (exact) mass is 302 g/mol. The van der Waals surface area contributed by atoms with Gasteiger partial charge >= 0.3 is 0 Å². The van der Waals surface area contributed by atoms with E-state index in [4.69, 9.17) is 4.42 Å². The van der Waals surface area contributed by atoms with Gasteiger partial charge in [-0.05, 0) is 50.8 Å². The quantitative estimate of drug-likeness (QED) is 0.856. The van der Waals surface area contributed by atoms with Crippen LogP contribution in [0.25, 0.3) is 0 Å². The van der Waals surface area contributed by atoms with Crippen LogP contribution >= 0.6 is 0 Å². The second-order valence-corrected chi connectivity index (χ2v) is 5.87. The third-order valence-electron chi connectivity index (χ3n) is 3.36. The highest BCUT2D eigenvalue weighted by atomic mass is 16.4. The van der Waals surface area contributed by atoms with Crippen molar-refractivity contribution in [1.29, 1.82) is 0 Å². The summed E-state index contributed by atoms with van der Waals surface area (Å²) in [4.78, 5) is 14.2. The Morgan fingerprint density at radius 3 is 2.50 bits per heavy atom. The molecule has 118 valence electrons. The molecule has 2 rings (SSSR count). The van der Waals surface area contributed by atoms with E-state index in [2.05, 4.69) is 10.2 Å². The zero-order valence-electron chi connectivity index (χ0n) is 13.2. The second-order valence-electron chi connectivity index (χ2n) is 5.87. The molecule has 0 spiro atoms. The van der Waals surface area contributed by atoms with Crippen molar-refractivity contribution in [1.82, 2.24) is 10.2 Å². The summed E-state index contributed by atoms with van der Waals surface area (Å²) >= 11 is 0. The molecule has 1 aromatic carbocycles. The van der Waals surface area contributed by atoms with Crippen LogP contribution in [0, 0.1) is 0 Å². The highest BCUT2D eigenvalue weighted by Crippen LogP contribution is 2.20. The van der Waals surface area contributed by atoms with Gasteiger partial charge in [0, 0.05) is 12.1 Å². The van der Waals surface area contributed by atoms with E-state index in [1.165, 1.54) is 6.26 Å². The van der Waals surface area contributed by atoms with Gasteiger partial charge in [0.2, 0.25) is 0 Å². The molecule has 1 atom stereocenters. The van der Waals surface area contributed by atoms with Crippen LogP contribution in [0.3, 0.4) is 0 Å². The standard InChI is InChI=1S/C17H22N2O3/c1-17(21,15-5-4-10-22-15)12-18-16(20)14-8-6-13(7-9-14)11-19(2)3/h4-10,21H,11-12H2,1-3H3,(H,18,20). The fraction of sp³-hybridized carbons (Fsp3) is 0.353. The van der Waals surface area contributed by atoms with Crippen molar-refractivity contribution < 1.29 is 14.3 Å². The van der Waals surface area contributed by atoms with Crippen LogP contribution in [0.15, 0.2) is 47.1 Å². The minimum absolute atomic E-state index is 0.0821. The lowest BCUT2D eigenvalue weighted by atomic mass is 10.0. The molecule has 2 N–H and O–H groups in total. The minimum Gasteiger partial charge on any atom is -0.466 e. The molecule has 5 heteroatoms. The van der Waals surface area contributed by atoms with Crippen molar-refractivity contribution in [2.24, 2.45) is 0 Å². The molecule has 1 heterocycles. The third kappa shape index (κ3) is 4.19. The summed E-state index contributed by atoms with van der Waals surface area (Å²) in [6.45, 7) is 2.51. The molecular weight excluding hydrogens is 280 g/mol. The van der Waals surface area contributed by atoms with Crippen molar-refractivity contribution in [3.05, 3.63) is 59.5 Å². The molecule has 2 aromatic rings. The van der Waals surface area contributed by atoms with Crippen LogP contribution in [-0.4, -0.2) is 36.6 Å². The van der Waals surface area contributed by atoms with Crippen molar-refractivity contribution in [2.75, 3.05) is 20.6 Å². The summed E-state index contributed by atoms with van der Waals surface area (Å²) in [5.41, 5.74) is 0.478. The number of benzene rings is 1. The van der Waals surface area contributed by atoms with Gasteiger partial charge in [0.15, 0.2) is 0 Å². The Morgan fingerprint density at radius 1 is 1.27 bits per heavy atom. The normalized spacial score (nSPS) is 13.9. The van der Waals surface area contributed by atoms with Crippen molar-refractivity contribution in [3.8, 4) is 0 Å². The fourth-order valence-corrected chi connectivity index (χ4v) is 2.15. The molecule has 0 bridgehead atoms. The van der Waals surface area contributed by atoms with Crippen LogP contribution in [0.1, 0.15) is 28.6 Å². The van der Waals surface area contributed by atoms with Gasteiger partial charge in [-0.3, -0.25) is 4.79 Å². The number of hydrogen-bond acceptors (Lipinski definition) is 4. The number of carbonyl (C=O) groups excluding carboxylic acids is 1. The SMILES string of the molecule is CN(C)Cc1ccc(C(=O)NCC(C)(O)c2ccco2)cc1. The molecule has 0 aliphatic rings. The largest absolute Gasteiger partial charge is 0.466 e. The first-order valence-corrected chi connectivity index (χ1v) is 7.17. The predicted molar refractivity (Wildman–Crippen MR) is 84.4 cm³/mol. The zero-order chi connectivity index (χ0) is 16.2. The van der Waals surface area contributed by atoms with Gasteiger partial charge < -0.3 is 19.7 Å². The Morgan fingerprint density at radius 2 is 1.95 bits per heavy atom. The van der Waals surface area contributed by atoms with Crippen LogP contribution in [0.5, 0.6) is 0 Å². The first-order chi connectivity index (χ1) is 10.4. The molecule has 0 fully saturated rings. The van der Waals surface area contributed by atoms with Gasteiger partial charge in [-0.2, -0.15) is 0 Å². The lowest BCUT2D eigenvalue weighted by molar-refractivity contribution is 0.0330. The molecule has 22 heavy (non-hydrogen) atoms. The van der Waals surface area contributed by atoms with E-state index in [9.17, 15) is 9.90 Å². The van der Waals surface area contributed by atoms with Gasteiger partial charge in [0.05, 0.1) is 12.8 Å². The summed E-state index contributed by atoms with van der Waals surface area (Å²) in [5, 5.41) is 13.0. The Labute approximate surface area is 130 Å². The molecule has 0 aliphatic carbocycles. The predicted octanol–water partition coefficient (Wildman–Crippen LogP) is 1.98. The van der Waals surface area contributed by atoms with Crippen molar-refractivity contribution in [2.45, 2.75) is 19.1 Å². The summed E-state index contributed by atoms with van der Waals surface area (Å²) in [7, 11) is 3.99. The number of rotatable bonds is 6. The first-order valence-electron chi connectivity index (χ1n) is 7.17. The number of aliphatic hydroxyl groups is 1. The highest BCUT2D eigenvalue weighted by molar-refractivity contribution is 5.94. The molecule has 0 radical (unpaired) electrons. The average molecular weight is 302 g/mol. The summed E-state index contributed by atoms with van der Waals surface area (Å²) in [6, 6.07) is 10.8. The van der Waals surface area contributed by atoms with E-state index in [0.717, 1.165) is 12.1 Å². The van der Waals surface area contributed by atoms with Gasteiger partial charge in [-0.15, -0.1) is 0 Å². The Bertz CT molecular complexity index is 601. The van der Waals surface area contributed by atoms with Gasteiger partial charge in [-0.1, -0.05) is 12.1 Å². The van der Waals surface area contributed by atoms with Crippen LogP contribution in [0.4, 0.5) is 0 Å². The topological polar surface area (TPSA) is 65.7 Å². The molecule has 5 nitrogen and oxygen atoms in total. The van der Waals surface area contributed by atoms with E-state index < -0.39 is 5.60 Å². The number of nitrogens with one attached hydrogen (secondary N) is 1. The Balaban J connectivity index is 1.95. The van der Waals surface area contributed by atoms with Crippen LogP contribution in [-0.2, 0) is 12.1 Å². The van der Waals surface area contributed by atoms with Gasteiger partial charge in [0.1, 0.15) is 11.4 Å². The number of carbonyl (C=O) groups is 1. The number of hydrogen-bond donors (Lipinski definition) is 2. The van der Waals surface area contributed by atoms with Crippen molar-refractivity contribution in [3.63, 3.8) is 0 Å². The highest BCUT2D eigenvalue weighted by Gasteiger charge is 2.26. The van der Waals surface area contributed by atoms with E-state index in [-0.39, 0.29) is 12.5 Å². The minimum atomic E-state index is -1.23. The number of amides is 1. The molecule has 1 aromatic heterocycles. The maximum Gasteiger partial charge on any atom is 0.251 e. The maximum atomic E-state index is 12.1. The molecule has 1 amide bonds. The number of nitrogens with zero attached hydrogens (tertiary/aromatic N) is 1. The summed E-state index contributed by atoms with van der Waals surface area (Å²) in [5.74, 6) is 0.206. The third-order valence-corrected chi connectivity index (χ3v) is 3.36. The first kappa shape index (κ1) is 16.3. The zero-order valence-corrected chi connectivity index (χ0v) is 13.2. The van der Waals surface area contributed by atoms with Crippen LogP contribution in [0.2, 0.25) is 0 Å². The molecule has 1 unspecified atom stereocenters. The van der Waals surface area contributed by atoms with Crippen LogP contribution < -0.4 is 5.32 Å². The molecule has 0 saturated heterocycles. The second kappa shape index (κ2) is 6.77. The van der Waals surface area contributed by atoms with E-state index in [0.29, 0.717) is 11.3 Å². The van der Waals surface area contributed by atoms with E-state index >= 15 is 0 Å². The summed E-state index contributed by atoms with van der Waals surface area (Å²) < 4.78 is 5.18. The smallest absolute Gasteiger partial charge is 0.251 e. The Kier molecular flexibility index (Phi) is 5.00. The average Bonchev–Trinajstić information content (AvgIpc) is 3.00. The van der Waals surface area contributed by atoms with Gasteiger partial charge in [0.25, 0.3) is 5.91 Å². The lowest BCUT2D eigenvalue weighted by Gasteiger charge is -2.21. The Hall–Kier alpha value is -2.11. The summed E-state index contributed by atoms with van der Waals surface area (Å²) in [6.07, 6.45) is 1.50. The van der Waals surface area contributed by atoms with E-state index in [1.807, 2.05) is 26.2 Å². The molecule has 0 aliphatic heterocycles. The number of furan rings is 1. The molecule has 0 saturated carbocycles. The lowest BCUT2D eigenvalue weighted by Crippen LogP contribution is -2.38. The molecular formula is C17H22N2O3. The van der Waals surface area contributed by atoms with E-state index in [1.54, 1.807) is 31.2 Å². The maximum absolute atomic E-state index is 12.1. The van der Waals surface area contributed by atoms with Crippen molar-refractivity contribution >= 4 is 5.91 Å². The van der Waals surface area contributed by atoms with Gasteiger partial charge in [-0.25, -0.2) is 0 Å². The fourth-order valence-electron chi connectivity index (χ4n) is 2.15.